The summed E-state index contributed by atoms with van der Waals surface area (Å²) in [6.45, 7) is 0.597. The zero-order valence-electron chi connectivity index (χ0n) is 13.0. The number of esters is 1. The first-order chi connectivity index (χ1) is 11.4. The van der Waals surface area contributed by atoms with E-state index in [2.05, 4.69) is 15.4 Å². The van der Waals surface area contributed by atoms with Crippen molar-refractivity contribution in [3.63, 3.8) is 0 Å². The van der Waals surface area contributed by atoms with Gasteiger partial charge in [0.05, 0.1) is 25.8 Å². The summed E-state index contributed by atoms with van der Waals surface area (Å²) in [7, 11) is 1.23. The van der Waals surface area contributed by atoms with Crippen LogP contribution < -0.4 is 10.6 Å². The van der Waals surface area contributed by atoms with Crippen molar-refractivity contribution in [3.05, 3.63) is 29.0 Å². The molecule has 7 nitrogen and oxygen atoms in total. The predicted molar refractivity (Wildman–Crippen MR) is 85.0 cm³/mol. The van der Waals surface area contributed by atoms with E-state index < -0.39 is 23.7 Å². The molecule has 130 valence electrons. The first-order valence-electron chi connectivity index (χ1n) is 7.24. The Balaban J connectivity index is 2.02. The number of carbonyl (C=O) groups is 3. The Morgan fingerprint density at radius 2 is 2.25 bits per heavy atom. The van der Waals surface area contributed by atoms with Crippen molar-refractivity contribution in [2.75, 3.05) is 32.1 Å². The fourth-order valence-corrected chi connectivity index (χ4v) is 2.54. The lowest BCUT2D eigenvalue weighted by Gasteiger charge is -2.33. The topological polar surface area (TPSA) is 87.7 Å². The molecule has 24 heavy (non-hydrogen) atoms. The highest BCUT2D eigenvalue weighted by molar-refractivity contribution is 6.30. The van der Waals surface area contributed by atoms with Gasteiger partial charge in [0.25, 0.3) is 0 Å². The summed E-state index contributed by atoms with van der Waals surface area (Å²) in [5.74, 6) is -2.05. The van der Waals surface area contributed by atoms with E-state index in [4.69, 9.17) is 11.6 Å². The van der Waals surface area contributed by atoms with E-state index >= 15 is 0 Å². The van der Waals surface area contributed by atoms with Crippen LogP contribution in [0.5, 0.6) is 0 Å². The van der Waals surface area contributed by atoms with Crippen LogP contribution in [0.25, 0.3) is 0 Å². The summed E-state index contributed by atoms with van der Waals surface area (Å²) in [4.78, 5) is 37.0. The molecule has 1 aromatic rings. The van der Waals surface area contributed by atoms with Gasteiger partial charge >= 0.3 is 5.97 Å². The number of anilines is 1. The van der Waals surface area contributed by atoms with Crippen molar-refractivity contribution in [2.45, 2.75) is 12.5 Å². The van der Waals surface area contributed by atoms with Crippen LogP contribution in [0.2, 0.25) is 5.02 Å². The fourth-order valence-electron chi connectivity index (χ4n) is 2.38. The average molecular weight is 358 g/mol. The van der Waals surface area contributed by atoms with E-state index in [9.17, 15) is 18.8 Å². The summed E-state index contributed by atoms with van der Waals surface area (Å²) in [5.41, 5.74) is -0.00428. The number of halogens is 2. The number of hydrogen-bond donors (Lipinski definition) is 2. The summed E-state index contributed by atoms with van der Waals surface area (Å²) in [5, 5.41) is 5.28. The number of ether oxygens (including phenoxy) is 1. The lowest BCUT2D eigenvalue weighted by Crippen LogP contribution is -2.57. The summed E-state index contributed by atoms with van der Waals surface area (Å²) in [6, 6.07) is 3.09. The maximum atomic E-state index is 13.7. The third-order valence-electron chi connectivity index (χ3n) is 3.58. The highest BCUT2D eigenvalue weighted by Gasteiger charge is 2.33. The lowest BCUT2D eigenvalue weighted by molar-refractivity contribution is -0.146. The monoisotopic (exact) mass is 357 g/mol. The summed E-state index contributed by atoms with van der Waals surface area (Å²) in [6.07, 6.45) is -0.162. The largest absolute Gasteiger partial charge is 0.469 e. The molecular weight excluding hydrogens is 341 g/mol. The molecule has 1 aliphatic rings. The maximum absolute atomic E-state index is 13.7. The van der Waals surface area contributed by atoms with Crippen LogP contribution in [0.15, 0.2) is 18.2 Å². The molecule has 1 atom stereocenters. The molecule has 1 aliphatic heterocycles. The molecule has 0 spiro atoms. The van der Waals surface area contributed by atoms with Gasteiger partial charge in [0.15, 0.2) is 0 Å². The summed E-state index contributed by atoms with van der Waals surface area (Å²) < 4.78 is 18.3. The van der Waals surface area contributed by atoms with E-state index in [1.54, 1.807) is 4.90 Å². The van der Waals surface area contributed by atoms with Crippen LogP contribution >= 0.6 is 11.6 Å². The molecule has 2 amide bonds. The molecule has 0 aromatic heterocycles. The number of benzene rings is 1. The Hall–Kier alpha value is -2.19. The van der Waals surface area contributed by atoms with Crippen LogP contribution in [0.4, 0.5) is 10.1 Å². The average Bonchev–Trinajstić information content (AvgIpc) is 2.53. The predicted octanol–water partition coefficient (Wildman–Crippen LogP) is 0.781. The van der Waals surface area contributed by atoms with Gasteiger partial charge in [-0.2, -0.15) is 0 Å². The molecule has 0 radical (unpaired) electrons. The van der Waals surface area contributed by atoms with Crippen LogP contribution in [0, 0.1) is 5.82 Å². The van der Waals surface area contributed by atoms with Crippen LogP contribution in [-0.4, -0.2) is 55.5 Å². The van der Waals surface area contributed by atoms with Crippen LogP contribution in [0.1, 0.15) is 6.42 Å². The number of nitrogens with one attached hydrogen (secondary N) is 2. The highest BCUT2D eigenvalue weighted by Crippen LogP contribution is 2.19. The number of hydrogen-bond acceptors (Lipinski definition) is 5. The molecule has 1 saturated heterocycles. The summed E-state index contributed by atoms with van der Waals surface area (Å²) >= 11 is 5.66. The smallest absolute Gasteiger partial charge is 0.307 e. The Labute approximate surface area is 143 Å². The number of carbonyl (C=O) groups excluding carboxylic acids is 3. The van der Waals surface area contributed by atoms with Gasteiger partial charge in [0.2, 0.25) is 11.8 Å². The molecule has 0 saturated carbocycles. The van der Waals surface area contributed by atoms with E-state index in [-0.39, 0.29) is 29.6 Å². The van der Waals surface area contributed by atoms with E-state index in [0.29, 0.717) is 13.1 Å². The first-order valence-corrected chi connectivity index (χ1v) is 7.62. The van der Waals surface area contributed by atoms with Gasteiger partial charge in [-0.05, 0) is 18.2 Å². The molecular formula is C15H17ClFN3O4. The van der Waals surface area contributed by atoms with Gasteiger partial charge in [-0.3, -0.25) is 19.3 Å². The minimum Gasteiger partial charge on any atom is -0.469 e. The first kappa shape index (κ1) is 18.2. The Bertz CT molecular complexity index is 656. The molecule has 0 bridgehead atoms. The zero-order chi connectivity index (χ0) is 17.7. The molecule has 0 unspecified atom stereocenters. The van der Waals surface area contributed by atoms with Gasteiger partial charge in [0.1, 0.15) is 11.9 Å². The quantitative estimate of drug-likeness (QED) is 0.760. The van der Waals surface area contributed by atoms with E-state index in [0.717, 1.165) is 6.07 Å². The molecule has 2 rings (SSSR count). The maximum Gasteiger partial charge on any atom is 0.307 e. The minimum absolute atomic E-state index is 0.00428. The van der Waals surface area contributed by atoms with Crippen molar-refractivity contribution in [1.82, 2.24) is 10.2 Å². The van der Waals surface area contributed by atoms with Crippen LogP contribution in [-0.2, 0) is 19.1 Å². The van der Waals surface area contributed by atoms with Gasteiger partial charge in [-0.1, -0.05) is 11.6 Å². The molecule has 1 heterocycles. The zero-order valence-corrected chi connectivity index (χ0v) is 13.7. The van der Waals surface area contributed by atoms with Gasteiger partial charge in [0, 0.05) is 18.1 Å². The van der Waals surface area contributed by atoms with E-state index in [1.807, 2.05) is 0 Å². The van der Waals surface area contributed by atoms with E-state index in [1.165, 1.54) is 19.2 Å². The SMILES string of the molecule is COC(=O)C[C@H]1C(=O)NCCN1CC(=O)Nc1ccc(Cl)cc1F. The Morgan fingerprint density at radius 3 is 2.92 bits per heavy atom. The Kier molecular flexibility index (Phi) is 6.10. The van der Waals surface area contributed by atoms with Gasteiger partial charge in [-0.25, -0.2) is 4.39 Å². The molecule has 9 heteroatoms. The fraction of sp³-hybridized carbons (Fsp3) is 0.400. The number of piperazine rings is 1. The standard InChI is InChI=1S/C15H17ClFN3O4/c1-24-14(22)7-12-15(23)18-4-5-20(12)8-13(21)19-11-3-2-9(16)6-10(11)17/h2-3,6,12H,4-5,7-8H2,1H3,(H,18,23)(H,19,21)/t12-/m0/s1. The second-order valence-electron chi connectivity index (χ2n) is 5.23. The second kappa shape index (κ2) is 8.07. The van der Waals surface area contributed by atoms with Crippen LogP contribution in [0.3, 0.4) is 0 Å². The number of nitrogens with zero attached hydrogens (tertiary/aromatic N) is 1. The highest BCUT2D eigenvalue weighted by atomic mass is 35.5. The normalized spacial score (nSPS) is 18.0. The molecule has 1 aromatic carbocycles. The van der Waals surface area contributed by atoms with Crippen molar-refractivity contribution in [3.8, 4) is 0 Å². The third kappa shape index (κ3) is 4.65. The molecule has 2 N–H and O–H groups in total. The number of rotatable bonds is 5. The van der Waals surface area contributed by atoms with Gasteiger partial charge in [-0.15, -0.1) is 0 Å². The van der Waals surface area contributed by atoms with Crippen molar-refractivity contribution in [1.29, 1.82) is 0 Å². The second-order valence-corrected chi connectivity index (χ2v) is 5.67. The molecule has 0 aliphatic carbocycles. The van der Waals surface area contributed by atoms with Crippen molar-refractivity contribution < 1.29 is 23.5 Å². The number of amides is 2. The number of methoxy groups -OCH3 is 1. The minimum atomic E-state index is -0.799. The van der Waals surface area contributed by atoms with Crippen molar-refractivity contribution in [2.24, 2.45) is 0 Å². The van der Waals surface area contributed by atoms with Crippen molar-refractivity contribution >= 4 is 35.1 Å². The van der Waals surface area contributed by atoms with Gasteiger partial charge < -0.3 is 15.4 Å². The Morgan fingerprint density at radius 1 is 1.50 bits per heavy atom. The molecule has 1 fully saturated rings. The lowest BCUT2D eigenvalue weighted by atomic mass is 10.1. The third-order valence-corrected chi connectivity index (χ3v) is 3.82.